The zero-order chi connectivity index (χ0) is 12.4. The predicted octanol–water partition coefficient (Wildman–Crippen LogP) is 1.26. The lowest BCUT2D eigenvalue weighted by atomic mass is 10.3. The molecule has 0 saturated carbocycles. The summed E-state index contributed by atoms with van der Waals surface area (Å²) in [6.07, 6.45) is 1.43. The SMILES string of the molecule is CC1=COC1=O.CCO[SiH](OCC)OCC. The topological polar surface area (TPSA) is 54.0 Å². The van der Waals surface area contributed by atoms with Gasteiger partial charge in [0, 0.05) is 19.8 Å². The minimum atomic E-state index is -1.73. The van der Waals surface area contributed by atoms with E-state index in [-0.39, 0.29) is 5.97 Å². The Labute approximate surface area is 98.3 Å². The molecule has 1 rings (SSSR count). The van der Waals surface area contributed by atoms with Crippen molar-refractivity contribution in [3.63, 3.8) is 0 Å². The van der Waals surface area contributed by atoms with Crippen molar-refractivity contribution >= 4 is 15.5 Å². The Morgan fingerprint density at radius 3 is 1.62 bits per heavy atom. The van der Waals surface area contributed by atoms with Crippen LogP contribution in [0.5, 0.6) is 0 Å². The Bertz CT molecular complexity index is 215. The normalized spacial score (nSPS) is 13.6. The number of ether oxygens (including phenoxy) is 1. The summed E-state index contributed by atoms with van der Waals surface area (Å²) in [5.41, 5.74) is 0.704. The molecule has 0 radical (unpaired) electrons. The monoisotopic (exact) mass is 248 g/mol. The first-order valence-electron chi connectivity index (χ1n) is 5.38. The molecule has 94 valence electrons. The van der Waals surface area contributed by atoms with Gasteiger partial charge in [-0.2, -0.15) is 0 Å². The fourth-order valence-electron chi connectivity index (χ4n) is 0.777. The van der Waals surface area contributed by atoms with Crippen LogP contribution < -0.4 is 0 Å². The first kappa shape index (κ1) is 15.3. The predicted molar refractivity (Wildman–Crippen MR) is 61.9 cm³/mol. The molecule has 0 saturated heterocycles. The van der Waals surface area contributed by atoms with Gasteiger partial charge in [-0.3, -0.25) is 0 Å². The van der Waals surface area contributed by atoms with Crippen molar-refractivity contribution < 1.29 is 22.8 Å². The maximum atomic E-state index is 9.94. The van der Waals surface area contributed by atoms with Crippen molar-refractivity contribution in [2.24, 2.45) is 0 Å². The van der Waals surface area contributed by atoms with Crippen LogP contribution in [0.2, 0.25) is 0 Å². The van der Waals surface area contributed by atoms with Gasteiger partial charge < -0.3 is 18.0 Å². The third-order valence-electron chi connectivity index (χ3n) is 1.57. The number of rotatable bonds is 6. The van der Waals surface area contributed by atoms with Crippen LogP contribution in [0.3, 0.4) is 0 Å². The molecule has 1 aliphatic rings. The van der Waals surface area contributed by atoms with Crippen LogP contribution in [0, 0.1) is 0 Å². The molecule has 0 aromatic heterocycles. The molecule has 1 aliphatic heterocycles. The average Bonchev–Trinajstić information content (AvgIpc) is 2.28. The van der Waals surface area contributed by atoms with Crippen molar-refractivity contribution in [1.29, 1.82) is 0 Å². The molecule has 0 amide bonds. The number of esters is 1. The Hall–Kier alpha value is -0.693. The molecule has 5 nitrogen and oxygen atoms in total. The number of carbonyl (C=O) groups excluding carboxylic acids is 1. The fourth-order valence-corrected chi connectivity index (χ4v) is 1.88. The fraction of sp³-hybridized carbons (Fsp3) is 0.700. The second-order valence-electron chi connectivity index (χ2n) is 2.86. The van der Waals surface area contributed by atoms with E-state index in [1.54, 1.807) is 6.92 Å². The van der Waals surface area contributed by atoms with Crippen molar-refractivity contribution in [2.45, 2.75) is 27.7 Å². The Morgan fingerprint density at radius 2 is 1.50 bits per heavy atom. The third kappa shape index (κ3) is 6.73. The van der Waals surface area contributed by atoms with E-state index < -0.39 is 9.53 Å². The van der Waals surface area contributed by atoms with Crippen molar-refractivity contribution in [3.05, 3.63) is 11.8 Å². The molecule has 1 heterocycles. The van der Waals surface area contributed by atoms with Crippen LogP contribution in [0.25, 0.3) is 0 Å². The highest BCUT2D eigenvalue weighted by Gasteiger charge is 2.12. The third-order valence-corrected chi connectivity index (χ3v) is 3.39. The molecule has 0 atom stereocenters. The Balaban J connectivity index is 0.000000315. The number of carbonyl (C=O) groups is 1. The van der Waals surface area contributed by atoms with Crippen molar-refractivity contribution in [1.82, 2.24) is 0 Å². The van der Waals surface area contributed by atoms with E-state index in [4.69, 9.17) is 13.3 Å². The lowest BCUT2D eigenvalue weighted by molar-refractivity contribution is -0.138. The van der Waals surface area contributed by atoms with Gasteiger partial charge in [-0.25, -0.2) is 4.79 Å². The van der Waals surface area contributed by atoms with E-state index in [2.05, 4.69) is 4.74 Å². The Morgan fingerprint density at radius 1 is 1.12 bits per heavy atom. The van der Waals surface area contributed by atoms with Crippen LogP contribution in [0.1, 0.15) is 27.7 Å². The maximum absolute atomic E-state index is 9.94. The molecular weight excluding hydrogens is 228 g/mol. The molecule has 0 bridgehead atoms. The molecule has 0 aromatic rings. The van der Waals surface area contributed by atoms with E-state index in [1.165, 1.54) is 6.26 Å². The second-order valence-corrected chi connectivity index (χ2v) is 4.44. The smallest absolute Gasteiger partial charge is 0.430 e. The molecule has 0 N–H and O–H groups in total. The summed E-state index contributed by atoms with van der Waals surface area (Å²) in [6.45, 7) is 9.57. The molecule has 0 spiro atoms. The van der Waals surface area contributed by atoms with Gasteiger partial charge in [0.25, 0.3) is 0 Å². The lowest BCUT2D eigenvalue weighted by Gasteiger charge is -2.12. The van der Waals surface area contributed by atoms with Gasteiger partial charge >= 0.3 is 15.5 Å². The van der Waals surface area contributed by atoms with Gasteiger partial charge in [0.05, 0.1) is 5.57 Å². The van der Waals surface area contributed by atoms with Crippen LogP contribution in [0.15, 0.2) is 11.8 Å². The second kappa shape index (κ2) is 9.53. The van der Waals surface area contributed by atoms with Crippen LogP contribution in [-0.2, 0) is 22.8 Å². The molecule has 0 unspecified atom stereocenters. The standard InChI is InChI=1S/C6H16O3Si.C4H4O2/c1-4-7-10(8-5-2)9-6-3;1-3-2-6-4(3)5/h10H,4-6H2,1-3H3;2H,1H3. The van der Waals surface area contributed by atoms with Crippen LogP contribution >= 0.6 is 0 Å². The first-order chi connectivity index (χ1) is 7.65. The molecular formula is C10H20O5Si. The minimum Gasteiger partial charge on any atom is -0.430 e. The highest BCUT2D eigenvalue weighted by atomic mass is 28.3. The summed E-state index contributed by atoms with van der Waals surface area (Å²) in [5.74, 6) is -0.199. The van der Waals surface area contributed by atoms with Crippen LogP contribution in [0.4, 0.5) is 0 Å². The number of hydrogen-bond acceptors (Lipinski definition) is 5. The maximum Gasteiger partial charge on any atom is 0.484 e. The van der Waals surface area contributed by atoms with Crippen LogP contribution in [-0.4, -0.2) is 35.3 Å². The summed E-state index contributed by atoms with van der Waals surface area (Å²) in [7, 11) is -1.73. The van der Waals surface area contributed by atoms with Crippen molar-refractivity contribution in [2.75, 3.05) is 19.8 Å². The molecule has 6 heteroatoms. The van der Waals surface area contributed by atoms with E-state index in [1.807, 2.05) is 20.8 Å². The van der Waals surface area contributed by atoms with Gasteiger partial charge in [0.15, 0.2) is 0 Å². The zero-order valence-corrected chi connectivity index (χ0v) is 11.5. The highest BCUT2D eigenvalue weighted by Crippen LogP contribution is 2.06. The summed E-state index contributed by atoms with van der Waals surface area (Å²) in [6, 6.07) is 0. The molecule has 0 aliphatic carbocycles. The zero-order valence-electron chi connectivity index (χ0n) is 10.3. The van der Waals surface area contributed by atoms with E-state index in [9.17, 15) is 4.79 Å². The Kier molecular flexibility index (Phi) is 9.11. The van der Waals surface area contributed by atoms with E-state index in [0.717, 1.165) is 0 Å². The lowest BCUT2D eigenvalue weighted by Crippen LogP contribution is -2.27. The molecule has 0 fully saturated rings. The van der Waals surface area contributed by atoms with E-state index >= 15 is 0 Å². The average molecular weight is 248 g/mol. The van der Waals surface area contributed by atoms with Crippen molar-refractivity contribution in [3.8, 4) is 0 Å². The quantitative estimate of drug-likeness (QED) is 0.523. The first-order valence-corrected chi connectivity index (χ1v) is 6.79. The molecule has 0 aromatic carbocycles. The van der Waals surface area contributed by atoms with Gasteiger partial charge in [-0.15, -0.1) is 0 Å². The van der Waals surface area contributed by atoms with Gasteiger partial charge in [0.1, 0.15) is 6.26 Å². The number of hydrogen-bond donors (Lipinski definition) is 0. The van der Waals surface area contributed by atoms with Gasteiger partial charge in [0.2, 0.25) is 0 Å². The minimum absolute atomic E-state index is 0.199. The summed E-state index contributed by atoms with van der Waals surface area (Å²) in [5, 5.41) is 0. The molecule has 16 heavy (non-hydrogen) atoms. The van der Waals surface area contributed by atoms with Gasteiger partial charge in [-0.1, -0.05) is 0 Å². The van der Waals surface area contributed by atoms with Gasteiger partial charge in [-0.05, 0) is 27.7 Å². The highest BCUT2D eigenvalue weighted by molar-refractivity contribution is 6.36. The summed E-state index contributed by atoms with van der Waals surface area (Å²) in [4.78, 5) is 9.94. The largest absolute Gasteiger partial charge is 0.484 e. The number of cyclic esters (lactones) is 1. The summed E-state index contributed by atoms with van der Waals surface area (Å²) >= 11 is 0. The summed E-state index contributed by atoms with van der Waals surface area (Å²) < 4.78 is 19.9. The van der Waals surface area contributed by atoms with E-state index in [0.29, 0.717) is 25.4 Å².